The minimum Gasteiger partial charge on any atom is -0.330 e. The van der Waals surface area contributed by atoms with Gasteiger partial charge in [-0.15, -0.1) is 11.3 Å². The molecule has 2 aromatic rings. The molecule has 0 aliphatic carbocycles. The molecule has 1 aliphatic heterocycles. The van der Waals surface area contributed by atoms with Crippen LogP contribution in [0.25, 0.3) is 0 Å². The summed E-state index contributed by atoms with van der Waals surface area (Å²) < 4.78 is 1.79. The monoisotopic (exact) mass is 301 g/mol. The normalized spacial score (nSPS) is 14.1. The topological polar surface area (TPSA) is 74.8 Å². The predicted octanol–water partition coefficient (Wildman–Crippen LogP) is 1.99. The van der Waals surface area contributed by atoms with E-state index in [0.29, 0.717) is 36.9 Å². The second-order valence-electron chi connectivity index (χ2n) is 5.31. The highest BCUT2D eigenvalue weighted by Crippen LogP contribution is 2.21. The maximum Gasteiger partial charge on any atom is 0.273 e. The maximum absolute atomic E-state index is 12.5. The molecule has 21 heavy (non-hydrogen) atoms. The second-order valence-corrected chi connectivity index (χ2v) is 6.20. The average molecular weight is 301 g/mol. The Morgan fingerprint density at radius 1 is 1.48 bits per heavy atom. The van der Waals surface area contributed by atoms with Crippen molar-refractivity contribution in [3.8, 4) is 6.07 Å². The average Bonchev–Trinajstić information content (AvgIpc) is 3.12. The van der Waals surface area contributed by atoms with Crippen molar-refractivity contribution in [2.45, 2.75) is 32.9 Å². The first kappa shape index (κ1) is 13.8. The van der Waals surface area contributed by atoms with Gasteiger partial charge in [0.05, 0.1) is 23.8 Å². The molecule has 7 heteroatoms. The summed E-state index contributed by atoms with van der Waals surface area (Å²) in [5.74, 6) is 0.279. The van der Waals surface area contributed by atoms with Crippen molar-refractivity contribution >= 4 is 17.2 Å². The largest absolute Gasteiger partial charge is 0.330 e. The van der Waals surface area contributed by atoms with Gasteiger partial charge in [-0.25, -0.2) is 4.98 Å². The fourth-order valence-corrected chi connectivity index (χ4v) is 3.12. The van der Waals surface area contributed by atoms with E-state index < -0.39 is 0 Å². The van der Waals surface area contributed by atoms with Crippen molar-refractivity contribution < 1.29 is 4.79 Å². The molecule has 0 atom stereocenters. The lowest BCUT2D eigenvalue weighted by molar-refractivity contribution is 0.0700. The summed E-state index contributed by atoms with van der Waals surface area (Å²) in [5, 5.41) is 15.8. The maximum atomic E-state index is 12.5. The van der Waals surface area contributed by atoms with E-state index in [0.717, 1.165) is 10.7 Å². The van der Waals surface area contributed by atoms with Gasteiger partial charge in [0.25, 0.3) is 5.91 Å². The van der Waals surface area contributed by atoms with E-state index in [2.05, 4.69) is 23.9 Å². The zero-order valence-electron chi connectivity index (χ0n) is 11.9. The molecule has 0 spiro atoms. The molecule has 0 aromatic carbocycles. The zero-order valence-corrected chi connectivity index (χ0v) is 12.7. The van der Waals surface area contributed by atoms with Crippen molar-refractivity contribution in [1.82, 2.24) is 19.7 Å². The minimum atomic E-state index is -0.0518. The van der Waals surface area contributed by atoms with E-state index in [9.17, 15) is 4.79 Å². The second kappa shape index (κ2) is 5.30. The van der Waals surface area contributed by atoms with E-state index >= 15 is 0 Å². The highest BCUT2D eigenvalue weighted by atomic mass is 32.1. The van der Waals surface area contributed by atoms with Gasteiger partial charge in [0.15, 0.2) is 5.69 Å². The third kappa shape index (κ3) is 2.54. The van der Waals surface area contributed by atoms with E-state index in [1.54, 1.807) is 15.6 Å². The van der Waals surface area contributed by atoms with Crippen molar-refractivity contribution in [3.05, 3.63) is 33.5 Å². The van der Waals surface area contributed by atoms with Gasteiger partial charge in [-0.2, -0.15) is 10.4 Å². The number of hydrogen-bond donors (Lipinski definition) is 0. The first-order chi connectivity index (χ1) is 10.1. The summed E-state index contributed by atoms with van der Waals surface area (Å²) in [5.41, 5.74) is 1.80. The van der Waals surface area contributed by atoms with Gasteiger partial charge in [-0.05, 0) is 6.07 Å². The SMILES string of the molecule is CC(C)c1nc(C(=O)N2CCn3nc(C#N)cc3C2)cs1. The number of nitrogens with zero attached hydrogens (tertiary/aromatic N) is 5. The molecular weight excluding hydrogens is 286 g/mol. The van der Waals surface area contributed by atoms with Crippen molar-refractivity contribution in [2.75, 3.05) is 6.54 Å². The molecule has 0 bridgehead atoms. The molecule has 0 N–H and O–H groups in total. The van der Waals surface area contributed by atoms with Crippen LogP contribution in [-0.2, 0) is 13.1 Å². The van der Waals surface area contributed by atoms with Crippen LogP contribution in [0.5, 0.6) is 0 Å². The Morgan fingerprint density at radius 2 is 2.29 bits per heavy atom. The summed E-state index contributed by atoms with van der Waals surface area (Å²) >= 11 is 1.52. The molecule has 0 radical (unpaired) electrons. The van der Waals surface area contributed by atoms with Gasteiger partial charge in [0.1, 0.15) is 11.8 Å². The van der Waals surface area contributed by atoms with Crippen LogP contribution >= 0.6 is 11.3 Å². The van der Waals surface area contributed by atoms with Gasteiger partial charge in [0, 0.05) is 17.8 Å². The van der Waals surface area contributed by atoms with Gasteiger partial charge in [-0.3, -0.25) is 9.48 Å². The molecule has 1 aliphatic rings. The lowest BCUT2D eigenvalue weighted by atomic mass is 10.2. The van der Waals surface area contributed by atoms with Crippen LogP contribution in [0.1, 0.15) is 46.6 Å². The standard InChI is InChI=1S/C14H15N5OS/c1-9(2)13-16-12(8-21-13)14(20)18-3-4-19-11(7-18)5-10(6-15)17-19/h5,8-9H,3-4,7H2,1-2H3. The molecule has 3 rings (SSSR count). The van der Waals surface area contributed by atoms with E-state index in [-0.39, 0.29) is 5.91 Å². The molecule has 6 nitrogen and oxygen atoms in total. The van der Waals surface area contributed by atoms with E-state index in [1.807, 2.05) is 11.4 Å². The Labute approximate surface area is 126 Å². The van der Waals surface area contributed by atoms with Gasteiger partial charge in [0.2, 0.25) is 0 Å². The highest BCUT2D eigenvalue weighted by Gasteiger charge is 2.25. The first-order valence-electron chi connectivity index (χ1n) is 6.80. The Balaban J connectivity index is 1.78. The quantitative estimate of drug-likeness (QED) is 0.850. The van der Waals surface area contributed by atoms with E-state index in [1.165, 1.54) is 11.3 Å². The van der Waals surface area contributed by atoms with E-state index in [4.69, 9.17) is 5.26 Å². The number of thiazole rings is 1. The fourth-order valence-electron chi connectivity index (χ4n) is 2.31. The molecule has 108 valence electrons. The summed E-state index contributed by atoms with van der Waals surface area (Å²) in [4.78, 5) is 18.7. The van der Waals surface area contributed by atoms with Gasteiger partial charge in [-0.1, -0.05) is 13.8 Å². The third-order valence-electron chi connectivity index (χ3n) is 3.43. The molecule has 0 unspecified atom stereocenters. The Kier molecular flexibility index (Phi) is 3.47. The Hall–Kier alpha value is -2.20. The van der Waals surface area contributed by atoms with Crippen LogP contribution in [0.4, 0.5) is 0 Å². The predicted molar refractivity (Wildman–Crippen MR) is 77.9 cm³/mol. The molecule has 1 amide bonds. The van der Waals surface area contributed by atoms with Crippen LogP contribution in [0, 0.1) is 11.3 Å². The first-order valence-corrected chi connectivity index (χ1v) is 7.68. The number of carbonyl (C=O) groups is 1. The van der Waals surface area contributed by atoms with Crippen molar-refractivity contribution in [2.24, 2.45) is 0 Å². The van der Waals surface area contributed by atoms with Crippen LogP contribution in [-0.4, -0.2) is 32.1 Å². The van der Waals surface area contributed by atoms with Crippen molar-refractivity contribution in [3.63, 3.8) is 0 Å². The molecular formula is C14H15N5OS. The number of amides is 1. The lowest BCUT2D eigenvalue weighted by Crippen LogP contribution is -2.38. The number of carbonyl (C=O) groups excluding carboxylic acids is 1. The van der Waals surface area contributed by atoms with Crippen LogP contribution in [0.2, 0.25) is 0 Å². The number of rotatable bonds is 2. The summed E-state index contributed by atoms with van der Waals surface area (Å²) in [6.45, 7) is 5.81. The zero-order chi connectivity index (χ0) is 15.0. The molecule has 2 aromatic heterocycles. The summed E-state index contributed by atoms with van der Waals surface area (Å²) in [6.07, 6.45) is 0. The van der Waals surface area contributed by atoms with Gasteiger partial charge >= 0.3 is 0 Å². The smallest absolute Gasteiger partial charge is 0.273 e. The van der Waals surface area contributed by atoms with Crippen LogP contribution < -0.4 is 0 Å². The minimum absolute atomic E-state index is 0.0518. The number of fused-ring (bicyclic) bond motifs is 1. The van der Waals surface area contributed by atoms with Crippen LogP contribution in [0.15, 0.2) is 11.4 Å². The van der Waals surface area contributed by atoms with Crippen molar-refractivity contribution in [1.29, 1.82) is 5.26 Å². The Bertz CT molecular complexity index is 724. The van der Waals surface area contributed by atoms with Crippen LogP contribution in [0.3, 0.4) is 0 Å². The highest BCUT2D eigenvalue weighted by molar-refractivity contribution is 7.09. The molecule has 3 heterocycles. The fraction of sp³-hybridized carbons (Fsp3) is 0.429. The Morgan fingerprint density at radius 3 is 2.95 bits per heavy atom. The molecule has 0 saturated carbocycles. The number of hydrogen-bond acceptors (Lipinski definition) is 5. The number of aromatic nitrogens is 3. The summed E-state index contributed by atoms with van der Waals surface area (Å²) in [7, 11) is 0. The molecule has 0 saturated heterocycles. The third-order valence-corrected chi connectivity index (χ3v) is 4.58. The number of nitriles is 1. The molecule has 0 fully saturated rings. The lowest BCUT2D eigenvalue weighted by Gasteiger charge is -2.26. The van der Waals surface area contributed by atoms with Gasteiger partial charge < -0.3 is 4.90 Å². The summed E-state index contributed by atoms with van der Waals surface area (Å²) in [6, 6.07) is 3.77.